The largest absolute Gasteiger partial charge is 0.488 e. The molecule has 0 bridgehead atoms. The Hall–Kier alpha value is -4.54. The minimum Gasteiger partial charge on any atom is -0.488 e. The molecular formula is C40H45ClN4O7. The number of rotatable bonds is 17. The third kappa shape index (κ3) is 9.66. The quantitative estimate of drug-likeness (QED) is 0.101. The Morgan fingerprint density at radius 1 is 1.02 bits per heavy atom. The summed E-state index contributed by atoms with van der Waals surface area (Å²) in [4.78, 5) is 18.1. The van der Waals surface area contributed by atoms with Crippen LogP contribution in [-0.4, -0.2) is 75.7 Å². The van der Waals surface area contributed by atoms with E-state index in [1.807, 2.05) is 18.2 Å². The van der Waals surface area contributed by atoms with Gasteiger partial charge in [-0.15, -0.1) is 0 Å². The Labute approximate surface area is 309 Å². The van der Waals surface area contributed by atoms with Crippen molar-refractivity contribution in [3.63, 3.8) is 0 Å². The number of benzene rings is 3. The van der Waals surface area contributed by atoms with E-state index in [1.54, 1.807) is 24.4 Å². The standard InChI is InChI=1S/C40H45ClN4O7/c1-26-30(23-50-13-12-45-11-10-33(47)21-45)6-4-8-34(26)35-9-5-7-31(27(35)2)24-52-38-16-37(51-22-29-14-28(17-42)18-43-19-29)32(15-36(38)41)20-44-40(3,25-46)39(48)49/h4-9,14-16,18-19,33,44,46-47H,10-13,20-25H2,1-3H3,(H,48,49)/t33-,40?/m1/s1. The predicted molar refractivity (Wildman–Crippen MR) is 197 cm³/mol. The van der Waals surface area contributed by atoms with Crippen molar-refractivity contribution in [2.45, 2.75) is 65.2 Å². The number of aromatic nitrogens is 1. The fourth-order valence-corrected chi connectivity index (χ4v) is 6.29. The van der Waals surface area contributed by atoms with Gasteiger partial charge in [-0.1, -0.05) is 48.0 Å². The molecule has 2 heterocycles. The third-order valence-corrected chi connectivity index (χ3v) is 9.81. The maximum atomic E-state index is 11.8. The van der Waals surface area contributed by atoms with E-state index in [9.17, 15) is 25.4 Å². The Balaban J connectivity index is 1.32. The SMILES string of the molecule is Cc1c(COCCN2CC[C@@H](O)C2)cccc1-c1cccc(COc2cc(OCc3cncc(C#N)c3)c(CNC(C)(CO)C(=O)O)cc2Cl)c1C. The van der Waals surface area contributed by atoms with Crippen molar-refractivity contribution < 1.29 is 34.3 Å². The van der Waals surface area contributed by atoms with Crippen LogP contribution in [-0.2, 0) is 35.9 Å². The average Bonchev–Trinajstić information content (AvgIpc) is 3.57. The lowest BCUT2D eigenvalue weighted by atomic mass is 9.92. The lowest BCUT2D eigenvalue weighted by Gasteiger charge is -2.25. The van der Waals surface area contributed by atoms with E-state index < -0.39 is 18.1 Å². The molecule has 0 amide bonds. The first-order valence-electron chi connectivity index (χ1n) is 17.2. The molecular weight excluding hydrogens is 684 g/mol. The molecule has 1 aliphatic heterocycles. The van der Waals surface area contributed by atoms with Crippen LogP contribution < -0.4 is 14.8 Å². The number of carboxylic acids is 1. The molecule has 0 saturated carbocycles. The summed E-state index contributed by atoms with van der Waals surface area (Å²) in [7, 11) is 0. The molecule has 12 heteroatoms. The van der Waals surface area contributed by atoms with Crippen LogP contribution in [0.1, 0.15) is 52.3 Å². The van der Waals surface area contributed by atoms with Crippen molar-refractivity contribution in [1.82, 2.24) is 15.2 Å². The first kappa shape index (κ1) is 38.7. The molecule has 11 nitrogen and oxygen atoms in total. The molecule has 1 aromatic heterocycles. The van der Waals surface area contributed by atoms with E-state index in [0.29, 0.717) is 53.0 Å². The van der Waals surface area contributed by atoms with Gasteiger partial charge >= 0.3 is 5.97 Å². The maximum absolute atomic E-state index is 11.8. The predicted octanol–water partition coefficient (Wildman–Crippen LogP) is 5.56. The average molecular weight is 729 g/mol. The summed E-state index contributed by atoms with van der Waals surface area (Å²) in [5.74, 6) is -0.444. The van der Waals surface area contributed by atoms with Crippen molar-refractivity contribution >= 4 is 17.6 Å². The second-order valence-corrected chi connectivity index (χ2v) is 13.7. The summed E-state index contributed by atoms with van der Waals surface area (Å²) in [6.45, 7) is 8.79. The van der Waals surface area contributed by atoms with E-state index in [2.05, 4.69) is 53.3 Å². The van der Waals surface area contributed by atoms with Crippen molar-refractivity contribution in [3.8, 4) is 28.7 Å². The first-order chi connectivity index (χ1) is 25.0. The number of aliphatic hydroxyl groups is 2. The van der Waals surface area contributed by atoms with Gasteiger partial charge in [0.15, 0.2) is 0 Å². The number of nitrogens with one attached hydrogen (secondary N) is 1. The molecule has 0 spiro atoms. The monoisotopic (exact) mass is 728 g/mol. The van der Waals surface area contributed by atoms with Crippen molar-refractivity contribution in [2.24, 2.45) is 0 Å². The number of hydrogen-bond acceptors (Lipinski definition) is 10. The van der Waals surface area contributed by atoms with Crippen LogP contribution in [0.25, 0.3) is 11.1 Å². The van der Waals surface area contributed by atoms with Gasteiger partial charge in [-0.05, 0) is 72.7 Å². The zero-order valence-corrected chi connectivity index (χ0v) is 30.4. The molecule has 1 unspecified atom stereocenters. The van der Waals surface area contributed by atoms with Gasteiger partial charge in [-0.25, -0.2) is 0 Å². The normalized spacial score (nSPS) is 15.6. The van der Waals surface area contributed by atoms with Crippen molar-refractivity contribution in [1.29, 1.82) is 5.26 Å². The zero-order valence-electron chi connectivity index (χ0n) is 29.7. The fraction of sp³-hybridized carbons (Fsp3) is 0.375. The van der Waals surface area contributed by atoms with Crippen LogP contribution in [0.15, 0.2) is 67.0 Å². The number of nitriles is 1. The van der Waals surface area contributed by atoms with E-state index >= 15 is 0 Å². The number of nitrogens with zero attached hydrogens (tertiary/aromatic N) is 3. The number of ether oxygens (including phenoxy) is 3. The fourth-order valence-electron chi connectivity index (χ4n) is 6.05. The van der Waals surface area contributed by atoms with Gasteiger partial charge in [0.2, 0.25) is 0 Å². The lowest BCUT2D eigenvalue weighted by Crippen LogP contribution is -2.52. The highest BCUT2D eigenvalue weighted by atomic mass is 35.5. The van der Waals surface area contributed by atoms with Gasteiger partial charge in [0.25, 0.3) is 0 Å². The summed E-state index contributed by atoms with van der Waals surface area (Å²) in [5.41, 5.74) is 6.51. The number of β-amino-alcohol motifs (C(OH)–C–C–N with tert-alkyl or cyclic N) is 1. The first-order valence-corrected chi connectivity index (χ1v) is 17.6. The number of pyridine rings is 1. The molecule has 0 aliphatic carbocycles. The third-order valence-electron chi connectivity index (χ3n) is 9.51. The molecule has 1 aliphatic rings. The molecule has 5 rings (SSSR count). The van der Waals surface area contributed by atoms with E-state index in [1.165, 1.54) is 13.1 Å². The number of hydrogen-bond donors (Lipinski definition) is 4. The summed E-state index contributed by atoms with van der Waals surface area (Å²) in [5, 5.41) is 41.6. The maximum Gasteiger partial charge on any atom is 0.326 e. The van der Waals surface area contributed by atoms with E-state index in [-0.39, 0.29) is 25.9 Å². The molecule has 2 atom stereocenters. The second kappa shape index (κ2) is 17.8. The number of aliphatic hydroxyl groups excluding tert-OH is 2. The summed E-state index contributed by atoms with van der Waals surface area (Å²) >= 11 is 6.73. The van der Waals surface area contributed by atoms with Gasteiger partial charge in [0.1, 0.15) is 36.3 Å². The minimum absolute atomic E-state index is 0.0301. The minimum atomic E-state index is -1.59. The molecule has 274 valence electrons. The summed E-state index contributed by atoms with van der Waals surface area (Å²) in [6.07, 6.45) is 3.64. The number of aliphatic carboxylic acids is 1. The number of halogens is 1. The van der Waals surface area contributed by atoms with Gasteiger partial charge in [0.05, 0.1) is 36.5 Å². The number of likely N-dealkylation sites (tertiary alicyclic amines) is 1. The van der Waals surface area contributed by atoms with Crippen molar-refractivity contribution in [2.75, 3.05) is 32.8 Å². The van der Waals surface area contributed by atoms with Crippen LogP contribution in [0, 0.1) is 25.2 Å². The van der Waals surface area contributed by atoms with Crippen molar-refractivity contribution in [3.05, 3.63) is 111 Å². The molecule has 1 fully saturated rings. The summed E-state index contributed by atoms with van der Waals surface area (Å²) in [6, 6.07) is 19.4. The Morgan fingerprint density at radius 3 is 2.35 bits per heavy atom. The van der Waals surface area contributed by atoms with Gasteiger partial charge in [0, 0.05) is 55.8 Å². The van der Waals surface area contributed by atoms with Crippen LogP contribution in [0.5, 0.6) is 11.5 Å². The van der Waals surface area contributed by atoms with Gasteiger partial charge < -0.3 is 29.5 Å². The van der Waals surface area contributed by atoms with Crippen LogP contribution in [0.3, 0.4) is 0 Å². The summed E-state index contributed by atoms with van der Waals surface area (Å²) < 4.78 is 18.5. The molecule has 4 aromatic rings. The zero-order chi connectivity index (χ0) is 37.3. The lowest BCUT2D eigenvalue weighted by molar-refractivity contribution is -0.145. The highest BCUT2D eigenvalue weighted by Crippen LogP contribution is 2.36. The Morgan fingerprint density at radius 2 is 1.71 bits per heavy atom. The van der Waals surface area contributed by atoms with E-state index in [4.69, 9.17) is 25.8 Å². The molecule has 4 N–H and O–H groups in total. The highest BCUT2D eigenvalue weighted by molar-refractivity contribution is 6.32. The molecule has 0 radical (unpaired) electrons. The Kier molecular flexibility index (Phi) is 13.2. The molecule has 52 heavy (non-hydrogen) atoms. The highest BCUT2D eigenvalue weighted by Gasteiger charge is 2.32. The topological polar surface area (TPSA) is 157 Å². The number of carboxylic acid groups (broad SMARTS) is 1. The van der Waals surface area contributed by atoms with Crippen LogP contribution >= 0.6 is 11.6 Å². The molecule has 1 saturated heterocycles. The van der Waals surface area contributed by atoms with Crippen LogP contribution in [0.2, 0.25) is 5.02 Å². The van der Waals surface area contributed by atoms with Gasteiger partial charge in [-0.2, -0.15) is 5.26 Å². The van der Waals surface area contributed by atoms with Gasteiger partial charge in [-0.3, -0.25) is 20.0 Å². The Bertz CT molecular complexity index is 1920. The second-order valence-electron chi connectivity index (χ2n) is 13.3. The molecule has 3 aromatic carbocycles. The van der Waals surface area contributed by atoms with Crippen LogP contribution in [0.4, 0.5) is 0 Å². The van der Waals surface area contributed by atoms with E-state index in [0.717, 1.165) is 52.9 Å². The number of carbonyl (C=O) groups is 1. The smallest absolute Gasteiger partial charge is 0.326 e.